The van der Waals surface area contributed by atoms with Gasteiger partial charge in [-0.2, -0.15) is 4.98 Å². The number of hydrogen-bond donors (Lipinski definition) is 2. The summed E-state index contributed by atoms with van der Waals surface area (Å²) in [6, 6.07) is -1.14. The van der Waals surface area contributed by atoms with Gasteiger partial charge >= 0.3 is 11.9 Å². The van der Waals surface area contributed by atoms with Crippen LogP contribution in [0.25, 0.3) is 0 Å². The van der Waals surface area contributed by atoms with E-state index < -0.39 is 23.9 Å². The van der Waals surface area contributed by atoms with E-state index in [9.17, 15) is 14.4 Å². The van der Waals surface area contributed by atoms with E-state index in [-0.39, 0.29) is 25.7 Å². The number of ether oxygens (including phenoxy) is 1. The van der Waals surface area contributed by atoms with Gasteiger partial charge in [-0.15, -0.1) is 0 Å². The first-order valence-corrected chi connectivity index (χ1v) is 6.30. The van der Waals surface area contributed by atoms with Crippen molar-refractivity contribution in [1.82, 2.24) is 15.5 Å². The van der Waals surface area contributed by atoms with E-state index in [2.05, 4.69) is 20.2 Å². The molecule has 1 amide bonds. The maximum atomic E-state index is 11.7. The van der Waals surface area contributed by atoms with Crippen molar-refractivity contribution in [3.63, 3.8) is 0 Å². The molecule has 1 aromatic rings. The van der Waals surface area contributed by atoms with Crippen molar-refractivity contribution in [3.8, 4) is 0 Å². The lowest BCUT2D eigenvalue weighted by Crippen LogP contribution is -2.41. The summed E-state index contributed by atoms with van der Waals surface area (Å²) < 4.78 is 9.26. The summed E-state index contributed by atoms with van der Waals surface area (Å²) in [4.78, 5) is 37.6. The van der Waals surface area contributed by atoms with Gasteiger partial charge in [-0.05, 0) is 13.3 Å². The molecule has 0 aliphatic rings. The van der Waals surface area contributed by atoms with E-state index in [4.69, 9.17) is 9.63 Å². The average molecular weight is 299 g/mol. The first-order valence-electron chi connectivity index (χ1n) is 6.30. The largest absolute Gasteiger partial charge is 0.480 e. The number of esters is 1. The fourth-order valence-corrected chi connectivity index (χ4v) is 1.55. The Kier molecular flexibility index (Phi) is 6.31. The molecule has 9 heteroatoms. The molecule has 1 atom stereocenters. The molecule has 0 fully saturated rings. The fraction of sp³-hybridized carbons (Fsp3) is 0.583. The number of rotatable bonds is 8. The quantitative estimate of drug-likeness (QED) is 0.632. The monoisotopic (exact) mass is 299 g/mol. The Labute approximate surface area is 120 Å². The molecule has 0 spiro atoms. The van der Waals surface area contributed by atoms with Gasteiger partial charge in [0.1, 0.15) is 6.04 Å². The van der Waals surface area contributed by atoms with E-state index in [0.29, 0.717) is 11.7 Å². The van der Waals surface area contributed by atoms with E-state index in [1.165, 1.54) is 7.11 Å². The van der Waals surface area contributed by atoms with Crippen LogP contribution in [0.2, 0.25) is 0 Å². The van der Waals surface area contributed by atoms with Crippen molar-refractivity contribution >= 4 is 17.8 Å². The van der Waals surface area contributed by atoms with Crippen LogP contribution in [0.15, 0.2) is 4.52 Å². The number of nitrogens with one attached hydrogen (secondary N) is 1. The lowest BCUT2D eigenvalue weighted by atomic mass is 10.1. The summed E-state index contributed by atoms with van der Waals surface area (Å²) in [5.74, 6) is -1.43. The molecule has 1 aromatic heterocycles. The van der Waals surface area contributed by atoms with Crippen LogP contribution in [0, 0.1) is 6.92 Å². The van der Waals surface area contributed by atoms with Crippen LogP contribution in [0.4, 0.5) is 0 Å². The second-order valence-electron chi connectivity index (χ2n) is 4.31. The maximum absolute atomic E-state index is 11.7. The molecule has 0 aliphatic heterocycles. The summed E-state index contributed by atoms with van der Waals surface area (Å²) >= 11 is 0. The Morgan fingerprint density at radius 2 is 2.10 bits per heavy atom. The van der Waals surface area contributed by atoms with Crippen LogP contribution >= 0.6 is 0 Å². The normalized spacial score (nSPS) is 11.7. The van der Waals surface area contributed by atoms with Crippen molar-refractivity contribution in [2.45, 2.75) is 38.6 Å². The van der Waals surface area contributed by atoms with Crippen LogP contribution in [0.3, 0.4) is 0 Å². The SMILES string of the molecule is COC(=O)CC[C@@H](NC(=O)CCc1nc(C)no1)C(=O)O. The first kappa shape index (κ1) is 16.6. The van der Waals surface area contributed by atoms with Crippen molar-refractivity contribution in [1.29, 1.82) is 0 Å². The molecule has 2 N–H and O–H groups in total. The summed E-state index contributed by atoms with van der Waals surface area (Å²) in [7, 11) is 1.21. The minimum absolute atomic E-state index is 0.0175. The Morgan fingerprint density at radius 1 is 1.38 bits per heavy atom. The zero-order valence-electron chi connectivity index (χ0n) is 11.8. The number of aryl methyl sites for hydroxylation is 2. The number of carbonyl (C=O) groups excluding carboxylic acids is 2. The van der Waals surface area contributed by atoms with Gasteiger partial charge in [-0.3, -0.25) is 9.59 Å². The average Bonchev–Trinajstić information content (AvgIpc) is 2.86. The molecule has 0 saturated heterocycles. The number of carboxylic acid groups (broad SMARTS) is 1. The highest BCUT2D eigenvalue weighted by Gasteiger charge is 2.21. The molecular formula is C12H17N3O6. The molecule has 9 nitrogen and oxygen atoms in total. The number of carbonyl (C=O) groups is 3. The number of carboxylic acids is 1. The summed E-state index contributed by atoms with van der Waals surface area (Å²) in [6.07, 6.45) is 0.115. The van der Waals surface area contributed by atoms with Crippen molar-refractivity contribution in [2.24, 2.45) is 0 Å². The van der Waals surface area contributed by atoms with E-state index in [1.54, 1.807) is 6.92 Å². The van der Waals surface area contributed by atoms with Gasteiger partial charge in [0.15, 0.2) is 5.82 Å². The number of hydrogen-bond acceptors (Lipinski definition) is 7. The minimum Gasteiger partial charge on any atom is -0.480 e. The third-order valence-corrected chi connectivity index (χ3v) is 2.63. The molecule has 0 aliphatic carbocycles. The summed E-state index contributed by atoms with van der Waals surface area (Å²) in [5.41, 5.74) is 0. The van der Waals surface area contributed by atoms with Crippen LogP contribution < -0.4 is 5.32 Å². The van der Waals surface area contributed by atoms with Gasteiger partial charge in [0, 0.05) is 19.3 Å². The highest BCUT2D eigenvalue weighted by Crippen LogP contribution is 2.03. The third kappa shape index (κ3) is 6.02. The predicted octanol–water partition coefficient (Wildman–Crippen LogP) is -0.167. The van der Waals surface area contributed by atoms with Crippen LogP contribution in [-0.4, -0.2) is 46.2 Å². The Hall–Kier alpha value is -2.45. The molecule has 0 radical (unpaired) electrons. The molecule has 1 heterocycles. The maximum Gasteiger partial charge on any atom is 0.326 e. The van der Waals surface area contributed by atoms with Gasteiger partial charge in [-0.25, -0.2) is 4.79 Å². The highest BCUT2D eigenvalue weighted by molar-refractivity contribution is 5.84. The highest BCUT2D eigenvalue weighted by atomic mass is 16.5. The summed E-state index contributed by atoms with van der Waals surface area (Å²) in [6.45, 7) is 1.65. The number of aromatic nitrogens is 2. The Bertz CT molecular complexity index is 513. The third-order valence-electron chi connectivity index (χ3n) is 2.63. The van der Waals surface area contributed by atoms with Gasteiger partial charge < -0.3 is 19.7 Å². The standard InChI is InChI=1S/C12H17N3O6/c1-7-13-10(21-15-7)5-4-9(16)14-8(12(18)19)3-6-11(17)20-2/h8H,3-6H2,1-2H3,(H,14,16)(H,18,19)/t8-/m1/s1. The minimum atomic E-state index is -1.21. The molecule has 0 saturated carbocycles. The van der Waals surface area contributed by atoms with E-state index >= 15 is 0 Å². The number of methoxy groups -OCH3 is 1. The molecule has 0 unspecified atom stereocenters. The van der Waals surface area contributed by atoms with Crippen molar-refractivity contribution in [3.05, 3.63) is 11.7 Å². The fourth-order valence-electron chi connectivity index (χ4n) is 1.55. The topological polar surface area (TPSA) is 132 Å². The summed E-state index contributed by atoms with van der Waals surface area (Å²) in [5, 5.41) is 14.9. The molecule has 1 rings (SSSR count). The zero-order valence-corrected chi connectivity index (χ0v) is 11.8. The lowest BCUT2D eigenvalue weighted by molar-refractivity contribution is -0.144. The van der Waals surface area contributed by atoms with Crippen LogP contribution in [0.5, 0.6) is 0 Å². The first-order chi connectivity index (χ1) is 9.92. The smallest absolute Gasteiger partial charge is 0.326 e. The number of nitrogens with zero attached hydrogens (tertiary/aromatic N) is 2. The predicted molar refractivity (Wildman–Crippen MR) is 68.2 cm³/mol. The van der Waals surface area contributed by atoms with Gasteiger partial charge in [0.05, 0.1) is 7.11 Å². The van der Waals surface area contributed by atoms with Gasteiger partial charge in [0.25, 0.3) is 0 Å². The van der Waals surface area contributed by atoms with Crippen molar-refractivity contribution < 1.29 is 28.8 Å². The molecule has 21 heavy (non-hydrogen) atoms. The number of amides is 1. The number of aliphatic carboxylic acids is 1. The Morgan fingerprint density at radius 3 is 2.62 bits per heavy atom. The van der Waals surface area contributed by atoms with Crippen molar-refractivity contribution in [2.75, 3.05) is 7.11 Å². The van der Waals surface area contributed by atoms with Crippen LogP contribution in [-0.2, 0) is 25.5 Å². The van der Waals surface area contributed by atoms with E-state index in [0.717, 1.165) is 0 Å². The Balaban J connectivity index is 2.41. The molecule has 0 bridgehead atoms. The van der Waals surface area contributed by atoms with Gasteiger partial charge in [0.2, 0.25) is 11.8 Å². The zero-order chi connectivity index (χ0) is 15.8. The van der Waals surface area contributed by atoms with Crippen LogP contribution in [0.1, 0.15) is 31.0 Å². The van der Waals surface area contributed by atoms with Gasteiger partial charge in [-0.1, -0.05) is 5.16 Å². The molecular weight excluding hydrogens is 282 g/mol. The second-order valence-corrected chi connectivity index (χ2v) is 4.31. The van der Waals surface area contributed by atoms with E-state index in [1.807, 2.05) is 0 Å². The molecule has 0 aromatic carbocycles. The second kappa shape index (κ2) is 7.98. The molecule has 116 valence electrons. The lowest BCUT2D eigenvalue weighted by Gasteiger charge is -2.13.